The molecule has 1 aromatic rings. The van der Waals surface area contributed by atoms with Gasteiger partial charge in [-0.25, -0.2) is 4.98 Å². The first-order valence-electron chi connectivity index (χ1n) is 3.58. The van der Waals surface area contributed by atoms with E-state index in [1.54, 1.807) is 0 Å². The molecule has 3 N–H and O–H groups in total. The number of carbonyl (C=O) groups excluding carboxylic acids is 1. The van der Waals surface area contributed by atoms with Gasteiger partial charge >= 0.3 is 0 Å². The maximum Gasteiger partial charge on any atom is 0.254 e. The van der Waals surface area contributed by atoms with Gasteiger partial charge in [-0.1, -0.05) is 0 Å². The van der Waals surface area contributed by atoms with Crippen LogP contribution in [0.2, 0.25) is 5.28 Å². The number of rotatable bonds is 3. The number of hydrogen-bond acceptors (Lipinski definition) is 5. The highest BCUT2D eigenvalue weighted by molar-refractivity contribution is 6.28. The van der Waals surface area contributed by atoms with Gasteiger partial charge < -0.3 is 11.1 Å². The smallest absolute Gasteiger partial charge is 0.254 e. The maximum absolute atomic E-state index is 10.9. The Hall–Kier alpha value is -1.87. The van der Waals surface area contributed by atoms with Gasteiger partial charge in [-0.15, -0.1) is 0 Å². The molecule has 1 heterocycles. The zero-order valence-electron chi connectivity index (χ0n) is 6.99. The van der Waals surface area contributed by atoms with E-state index >= 15 is 0 Å². The van der Waals surface area contributed by atoms with Crippen LogP contribution in [0.3, 0.4) is 0 Å². The van der Waals surface area contributed by atoms with Crippen LogP contribution in [-0.2, 0) is 0 Å². The van der Waals surface area contributed by atoms with Crippen molar-refractivity contribution in [2.24, 2.45) is 5.73 Å². The lowest BCUT2D eigenvalue weighted by atomic mass is 10.3. The molecule has 0 saturated carbocycles. The van der Waals surface area contributed by atoms with Crippen LogP contribution in [0.15, 0.2) is 6.20 Å². The lowest BCUT2D eigenvalue weighted by molar-refractivity contribution is 0.100. The minimum absolute atomic E-state index is 0.00756. The Labute approximate surface area is 84.7 Å². The molecule has 7 heteroatoms. The molecule has 1 aromatic heterocycles. The van der Waals surface area contributed by atoms with E-state index in [9.17, 15) is 4.79 Å². The molecule has 14 heavy (non-hydrogen) atoms. The van der Waals surface area contributed by atoms with E-state index in [4.69, 9.17) is 22.6 Å². The summed E-state index contributed by atoms with van der Waals surface area (Å²) in [5, 5.41) is 10.9. The summed E-state index contributed by atoms with van der Waals surface area (Å²) >= 11 is 5.50. The number of anilines is 1. The van der Waals surface area contributed by atoms with Gasteiger partial charge in [0.25, 0.3) is 5.91 Å². The van der Waals surface area contributed by atoms with Gasteiger partial charge in [0, 0.05) is 6.20 Å². The van der Waals surface area contributed by atoms with Crippen molar-refractivity contribution >= 4 is 23.3 Å². The number of nitrogens with zero attached hydrogens (tertiary/aromatic N) is 3. The Morgan fingerprint density at radius 1 is 1.79 bits per heavy atom. The fraction of sp³-hybridized carbons (Fsp3) is 0.143. The number of nitrogens with two attached hydrogens (primary N) is 1. The molecule has 0 bridgehead atoms. The lowest BCUT2D eigenvalue weighted by Crippen LogP contribution is -2.16. The summed E-state index contributed by atoms with van der Waals surface area (Å²) < 4.78 is 0. The third-order valence-electron chi connectivity index (χ3n) is 1.36. The second-order valence-corrected chi connectivity index (χ2v) is 2.62. The van der Waals surface area contributed by atoms with Crippen LogP contribution in [0.25, 0.3) is 0 Å². The summed E-state index contributed by atoms with van der Waals surface area (Å²) in [7, 11) is 0. The van der Waals surface area contributed by atoms with Crippen LogP contribution in [0.4, 0.5) is 5.82 Å². The zero-order chi connectivity index (χ0) is 10.6. The molecule has 0 fully saturated rings. The molecule has 1 rings (SSSR count). The molecule has 0 spiro atoms. The summed E-state index contributed by atoms with van der Waals surface area (Å²) in [4.78, 5) is 18.2. The molecule has 6 nitrogen and oxygen atoms in total. The summed E-state index contributed by atoms with van der Waals surface area (Å²) in [5.41, 5.74) is 5.15. The molecule has 0 aromatic carbocycles. The number of hydrogen-bond donors (Lipinski definition) is 2. The van der Waals surface area contributed by atoms with Crippen LogP contribution in [-0.4, -0.2) is 22.4 Å². The largest absolute Gasteiger partial charge is 0.365 e. The third kappa shape index (κ3) is 2.31. The van der Waals surface area contributed by atoms with E-state index in [0.717, 1.165) is 0 Å². The monoisotopic (exact) mass is 211 g/mol. The second-order valence-electron chi connectivity index (χ2n) is 2.28. The average molecular weight is 212 g/mol. The van der Waals surface area contributed by atoms with Crippen LogP contribution < -0.4 is 11.1 Å². The molecule has 0 unspecified atom stereocenters. The molecule has 0 saturated heterocycles. The van der Waals surface area contributed by atoms with Gasteiger partial charge in [0.15, 0.2) is 0 Å². The van der Waals surface area contributed by atoms with Crippen molar-refractivity contribution in [3.05, 3.63) is 17.0 Å². The van der Waals surface area contributed by atoms with Crippen molar-refractivity contribution in [2.45, 2.75) is 0 Å². The molecule has 0 radical (unpaired) electrons. The summed E-state index contributed by atoms with van der Waals surface area (Å²) in [6.45, 7) is 0.00756. The van der Waals surface area contributed by atoms with Crippen LogP contribution in [0, 0.1) is 11.3 Å². The maximum atomic E-state index is 10.9. The van der Waals surface area contributed by atoms with Gasteiger partial charge in [-0.05, 0) is 11.6 Å². The standard InChI is InChI=1S/C7H6ClN5O/c8-7-12-3-4(5(10)14)6(13-7)11-2-1-9/h3H,2H2,(H2,10,14)(H,11,12,13). The molecular formula is C7H6ClN5O. The summed E-state index contributed by atoms with van der Waals surface area (Å²) in [5.74, 6) is -0.513. The fourth-order valence-corrected chi connectivity index (χ4v) is 0.932. The number of aromatic nitrogens is 2. The molecule has 0 aliphatic heterocycles. The van der Waals surface area contributed by atoms with Crippen LogP contribution in [0.5, 0.6) is 0 Å². The SMILES string of the molecule is N#CCNc1nc(Cl)ncc1C(N)=O. The second kappa shape index (κ2) is 4.39. The highest BCUT2D eigenvalue weighted by atomic mass is 35.5. The van der Waals surface area contributed by atoms with Crippen molar-refractivity contribution in [1.82, 2.24) is 9.97 Å². The average Bonchev–Trinajstić information content (AvgIpc) is 2.14. The molecule has 0 aliphatic rings. The Balaban J connectivity index is 3.04. The molecular weight excluding hydrogens is 206 g/mol. The number of amides is 1. The predicted octanol–water partition coefficient (Wildman–Crippen LogP) is 0.164. The number of nitrogens with one attached hydrogen (secondary N) is 1. The number of halogens is 1. The van der Waals surface area contributed by atoms with E-state index in [-0.39, 0.29) is 23.2 Å². The minimum atomic E-state index is -0.679. The number of carbonyl (C=O) groups is 1. The van der Waals surface area contributed by atoms with Crippen molar-refractivity contribution in [1.29, 1.82) is 5.26 Å². The molecule has 0 atom stereocenters. The van der Waals surface area contributed by atoms with Gasteiger partial charge in [0.1, 0.15) is 12.4 Å². The van der Waals surface area contributed by atoms with Crippen molar-refractivity contribution in [2.75, 3.05) is 11.9 Å². The Kier molecular flexibility index (Phi) is 3.20. The normalized spacial score (nSPS) is 9.14. The number of nitriles is 1. The first-order chi connectivity index (χ1) is 6.65. The Morgan fingerprint density at radius 3 is 3.07 bits per heavy atom. The minimum Gasteiger partial charge on any atom is -0.365 e. The molecule has 1 amide bonds. The van der Waals surface area contributed by atoms with E-state index in [1.807, 2.05) is 6.07 Å². The Morgan fingerprint density at radius 2 is 2.50 bits per heavy atom. The van der Waals surface area contributed by atoms with Crippen molar-refractivity contribution in [3.8, 4) is 6.07 Å². The predicted molar refractivity (Wildman–Crippen MR) is 49.7 cm³/mol. The molecule has 0 aliphatic carbocycles. The van der Waals surface area contributed by atoms with Crippen LogP contribution >= 0.6 is 11.6 Å². The van der Waals surface area contributed by atoms with E-state index in [0.29, 0.717) is 0 Å². The molecule has 72 valence electrons. The first-order valence-corrected chi connectivity index (χ1v) is 3.96. The van der Waals surface area contributed by atoms with Gasteiger partial charge in [-0.2, -0.15) is 10.2 Å². The van der Waals surface area contributed by atoms with E-state index in [1.165, 1.54) is 6.20 Å². The third-order valence-corrected chi connectivity index (χ3v) is 1.54. The summed E-state index contributed by atoms with van der Waals surface area (Å²) in [6.07, 6.45) is 1.21. The highest BCUT2D eigenvalue weighted by Crippen LogP contribution is 2.12. The van der Waals surface area contributed by atoms with Crippen LogP contribution in [0.1, 0.15) is 10.4 Å². The quantitative estimate of drug-likeness (QED) is 0.548. The van der Waals surface area contributed by atoms with Gasteiger partial charge in [0.05, 0.1) is 11.6 Å². The highest BCUT2D eigenvalue weighted by Gasteiger charge is 2.10. The van der Waals surface area contributed by atoms with Crippen molar-refractivity contribution in [3.63, 3.8) is 0 Å². The van der Waals surface area contributed by atoms with Gasteiger partial charge in [-0.3, -0.25) is 4.79 Å². The lowest BCUT2D eigenvalue weighted by Gasteiger charge is -2.04. The first kappa shape index (κ1) is 10.2. The zero-order valence-corrected chi connectivity index (χ0v) is 7.75. The van der Waals surface area contributed by atoms with Crippen molar-refractivity contribution < 1.29 is 4.79 Å². The Bertz CT molecular complexity index is 400. The summed E-state index contributed by atoms with van der Waals surface area (Å²) in [6, 6.07) is 1.84. The topological polar surface area (TPSA) is 105 Å². The van der Waals surface area contributed by atoms with Gasteiger partial charge in [0.2, 0.25) is 5.28 Å². The number of primary amides is 1. The fourth-order valence-electron chi connectivity index (χ4n) is 0.799. The van der Waals surface area contributed by atoms with E-state index < -0.39 is 5.91 Å². The van der Waals surface area contributed by atoms with E-state index in [2.05, 4.69) is 15.3 Å².